The fraction of sp³-hybridized carbons (Fsp3) is 0.579. The van der Waals surface area contributed by atoms with Gasteiger partial charge in [0.05, 0.1) is 6.61 Å². The van der Waals surface area contributed by atoms with Crippen LogP contribution in [0.2, 0.25) is 0 Å². The standard InChI is InChI=1S/C19H29NO4/c1-14(8-11-18(20)21)13-24-17-10-9-15(2)16(12-17)6-4-3-5-7-19(22)23/h9-10,12,14H,3-8,11,13H2,1-2H3,(H2,20,21)(H,22,23)/t14-/m0/s1. The van der Waals surface area contributed by atoms with E-state index in [4.69, 9.17) is 15.6 Å². The zero-order valence-electron chi connectivity index (χ0n) is 14.7. The van der Waals surface area contributed by atoms with Gasteiger partial charge in [-0.25, -0.2) is 0 Å². The molecule has 0 heterocycles. The predicted molar refractivity (Wildman–Crippen MR) is 94.1 cm³/mol. The van der Waals surface area contributed by atoms with Crippen LogP contribution in [-0.4, -0.2) is 23.6 Å². The van der Waals surface area contributed by atoms with E-state index >= 15 is 0 Å². The van der Waals surface area contributed by atoms with Crippen LogP contribution in [0.1, 0.15) is 56.6 Å². The average Bonchev–Trinajstić information content (AvgIpc) is 2.52. The smallest absolute Gasteiger partial charge is 0.303 e. The second kappa shape index (κ2) is 10.7. The Morgan fingerprint density at radius 3 is 2.62 bits per heavy atom. The van der Waals surface area contributed by atoms with Crippen LogP contribution in [-0.2, 0) is 16.0 Å². The van der Waals surface area contributed by atoms with Crippen molar-refractivity contribution in [1.29, 1.82) is 0 Å². The number of carbonyl (C=O) groups excluding carboxylic acids is 1. The second-order valence-electron chi connectivity index (χ2n) is 6.46. The van der Waals surface area contributed by atoms with Crippen LogP contribution in [0, 0.1) is 12.8 Å². The molecule has 0 saturated heterocycles. The normalized spacial score (nSPS) is 11.9. The molecule has 1 rings (SSSR count). The van der Waals surface area contributed by atoms with Crippen LogP contribution in [0.15, 0.2) is 18.2 Å². The molecule has 0 bridgehead atoms. The van der Waals surface area contributed by atoms with Gasteiger partial charge in [0.2, 0.25) is 5.91 Å². The maximum absolute atomic E-state index is 10.8. The van der Waals surface area contributed by atoms with E-state index < -0.39 is 5.97 Å². The molecule has 0 fully saturated rings. The molecule has 1 amide bonds. The maximum Gasteiger partial charge on any atom is 0.303 e. The largest absolute Gasteiger partial charge is 0.493 e. The highest BCUT2D eigenvalue weighted by Gasteiger charge is 2.07. The highest BCUT2D eigenvalue weighted by atomic mass is 16.5. The average molecular weight is 335 g/mol. The third-order valence-electron chi connectivity index (χ3n) is 4.08. The number of aryl methyl sites for hydroxylation is 2. The highest BCUT2D eigenvalue weighted by molar-refractivity contribution is 5.73. The number of amides is 1. The van der Waals surface area contributed by atoms with Crippen molar-refractivity contribution in [3.8, 4) is 5.75 Å². The van der Waals surface area contributed by atoms with Gasteiger partial charge in [-0.15, -0.1) is 0 Å². The summed E-state index contributed by atoms with van der Waals surface area (Å²) in [7, 11) is 0. The molecule has 0 radical (unpaired) electrons. The van der Waals surface area contributed by atoms with Crippen molar-refractivity contribution >= 4 is 11.9 Å². The number of benzene rings is 1. The molecule has 0 aliphatic rings. The third-order valence-corrected chi connectivity index (χ3v) is 4.08. The summed E-state index contributed by atoms with van der Waals surface area (Å²) in [4.78, 5) is 21.3. The number of ether oxygens (including phenoxy) is 1. The fourth-order valence-electron chi connectivity index (χ4n) is 2.49. The molecule has 5 nitrogen and oxygen atoms in total. The highest BCUT2D eigenvalue weighted by Crippen LogP contribution is 2.21. The summed E-state index contributed by atoms with van der Waals surface area (Å²) in [6.07, 6.45) is 4.92. The fourth-order valence-corrected chi connectivity index (χ4v) is 2.49. The van der Waals surface area contributed by atoms with Gasteiger partial charge in [0.15, 0.2) is 0 Å². The van der Waals surface area contributed by atoms with Gasteiger partial charge < -0.3 is 15.6 Å². The Morgan fingerprint density at radius 1 is 1.21 bits per heavy atom. The lowest BCUT2D eigenvalue weighted by atomic mass is 10.0. The minimum Gasteiger partial charge on any atom is -0.493 e. The first-order valence-corrected chi connectivity index (χ1v) is 8.61. The summed E-state index contributed by atoms with van der Waals surface area (Å²) < 4.78 is 5.82. The van der Waals surface area contributed by atoms with Crippen LogP contribution in [0.5, 0.6) is 5.75 Å². The molecule has 5 heteroatoms. The number of unbranched alkanes of at least 4 members (excludes halogenated alkanes) is 2. The summed E-state index contributed by atoms with van der Waals surface area (Å²) in [5.74, 6) is 0.111. The molecule has 134 valence electrons. The maximum atomic E-state index is 10.8. The SMILES string of the molecule is Cc1ccc(OC[C@@H](C)CCC(N)=O)cc1CCCCCC(=O)O. The summed E-state index contributed by atoms with van der Waals surface area (Å²) in [6.45, 7) is 4.68. The minimum absolute atomic E-state index is 0.241. The Bertz CT molecular complexity index is 542. The zero-order chi connectivity index (χ0) is 17.9. The van der Waals surface area contributed by atoms with E-state index in [0.717, 1.165) is 37.9 Å². The zero-order valence-corrected chi connectivity index (χ0v) is 14.7. The Balaban J connectivity index is 2.41. The molecule has 24 heavy (non-hydrogen) atoms. The Hall–Kier alpha value is -2.04. The van der Waals surface area contributed by atoms with Crippen molar-refractivity contribution in [3.63, 3.8) is 0 Å². The van der Waals surface area contributed by atoms with Crippen molar-refractivity contribution in [2.75, 3.05) is 6.61 Å². The number of aliphatic carboxylic acids is 1. The summed E-state index contributed by atoms with van der Waals surface area (Å²) in [5.41, 5.74) is 7.62. The number of rotatable bonds is 12. The molecular formula is C19H29NO4. The van der Waals surface area contributed by atoms with Gasteiger partial charge in [0.25, 0.3) is 0 Å². The van der Waals surface area contributed by atoms with Crippen molar-refractivity contribution < 1.29 is 19.4 Å². The number of carboxylic acid groups (broad SMARTS) is 1. The number of hydrogen-bond donors (Lipinski definition) is 2. The van der Waals surface area contributed by atoms with E-state index in [1.807, 2.05) is 13.0 Å². The number of primary amides is 1. The van der Waals surface area contributed by atoms with Gasteiger partial charge in [-0.05, 0) is 61.8 Å². The molecule has 1 aromatic rings. The Labute approximate surface area is 144 Å². The van der Waals surface area contributed by atoms with Crippen molar-refractivity contribution in [2.45, 2.75) is 58.8 Å². The second-order valence-corrected chi connectivity index (χ2v) is 6.46. The predicted octanol–water partition coefficient (Wildman–Crippen LogP) is 3.46. The van der Waals surface area contributed by atoms with Crippen LogP contribution in [0.3, 0.4) is 0 Å². The van der Waals surface area contributed by atoms with E-state index in [1.54, 1.807) is 0 Å². The summed E-state index contributed by atoms with van der Waals surface area (Å²) in [5, 5.41) is 8.64. The van der Waals surface area contributed by atoms with Gasteiger partial charge in [-0.1, -0.05) is 19.4 Å². The van der Waals surface area contributed by atoms with Crippen LogP contribution >= 0.6 is 0 Å². The molecule has 0 aliphatic heterocycles. The van der Waals surface area contributed by atoms with E-state index in [1.165, 1.54) is 11.1 Å². The molecule has 0 spiro atoms. The number of carboxylic acids is 1. The first kappa shape index (κ1) is 20.0. The Morgan fingerprint density at radius 2 is 1.96 bits per heavy atom. The lowest BCUT2D eigenvalue weighted by molar-refractivity contribution is -0.137. The molecule has 0 unspecified atom stereocenters. The van der Waals surface area contributed by atoms with Crippen molar-refractivity contribution in [1.82, 2.24) is 0 Å². The van der Waals surface area contributed by atoms with E-state index in [2.05, 4.69) is 19.1 Å². The number of hydrogen-bond acceptors (Lipinski definition) is 3. The monoisotopic (exact) mass is 335 g/mol. The summed E-state index contributed by atoms with van der Waals surface area (Å²) in [6, 6.07) is 6.08. The van der Waals surface area contributed by atoms with Gasteiger partial charge in [-0.3, -0.25) is 9.59 Å². The molecule has 0 aliphatic carbocycles. The van der Waals surface area contributed by atoms with Crippen molar-refractivity contribution in [2.24, 2.45) is 11.7 Å². The first-order chi connectivity index (χ1) is 11.4. The molecule has 1 aromatic carbocycles. The van der Waals surface area contributed by atoms with E-state index in [-0.39, 0.29) is 18.2 Å². The van der Waals surface area contributed by atoms with Crippen LogP contribution in [0.25, 0.3) is 0 Å². The molecule has 0 aromatic heterocycles. The van der Waals surface area contributed by atoms with Gasteiger partial charge in [-0.2, -0.15) is 0 Å². The lowest BCUT2D eigenvalue weighted by Gasteiger charge is -2.14. The third kappa shape index (κ3) is 8.56. The lowest BCUT2D eigenvalue weighted by Crippen LogP contribution is -2.15. The van der Waals surface area contributed by atoms with Crippen LogP contribution < -0.4 is 10.5 Å². The number of carbonyl (C=O) groups is 2. The van der Waals surface area contributed by atoms with Gasteiger partial charge >= 0.3 is 5.97 Å². The van der Waals surface area contributed by atoms with Gasteiger partial charge in [0.1, 0.15) is 5.75 Å². The first-order valence-electron chi connectivity index (χ1n) is 8.61. The topological polar surface area (TPSA) is 89.6 Å². The Kier molecular flexibility index (Phi) is 8.90. The van der Waals surface area contributed by atoms with Crippen LogP contribution in [0.4, 0.5) is 0 Å². The van der Waals surface area contributed by atoms with Gasteiger partial charge in [0, 0.05) is 12.8 Å². The molecule has 1 atom stereocenters. The quantitative estimate of drug-likeness (QED) is 0.572. The van der Waals surface area contributed by atoms with E-state index in [0.29, 0.717) is 13.0 Å². The summed E-state index contributed by atoms with van der Waals surface area (Å²) >= 11 is 0. The van der Waals surface area contributed by atoms with Crippen molar-refractivity contribution in [3.05, 3.63) is 29.3 Å². The minimum atomic E-state index is -0.730. The molecule has 0 saturated carbocycles. The number of nitrogens with two attached hydrogens (primary N) is 1. The van der Waals surface area contributed by atoms with E-state index in [9.17, 15) is 9.59 Å². The molecular weight excluding hydrogens is 306 g/mol. The molecule has 3 N–H and O–H groups in total.